The molecule has 2 aliphatic rings. The molecule has 2 heterocycles. The SMILES string of the molecule is COc1ccccc1C1C(=C(O)c2ccc(OCC(C)C)cc2)C(=O)C(=O)N1CCN1CCOCC1. The van der Waals surface area contributed by atoms with Crippen LogP contribution in [0.2, 0.25) is 0 Å². The van der Waals surface area contributed by atoms with E-state index in [2.05, 4.69) is 18.7 Å². The Kier molecular flexibility index (Phi) is 8.28. The van der Waals surface area contributed by atoms with Gasteiger partial charge in [-0.25, -0.2) is 0 Å². The molecule has 1 atom stereocenters. The quantitative estimate of drug-likeness (QED) is 0.324. The number of benzene rings is 2. The first-order valence-corrected chi connectivity index (χ1v) is 12.4. The highest BCUT2D eigenvalue weighted by Gasteiger charge is 2.47. The van der Waals surface area contributed by atoms with Crippen molar-refractivity contribution in [1.29, 1.82) is 0 Å². The predicted octanol–water partition coefficient (Wildman–Crippen LogP) is 3.48. The number of aliphatic hydroxyl groups excluding tert-OH is 1. The number of para-hydroxylation sites is 1. The third-order valence-electron chi connectivity index (χ3n) is 6.45. The molecule has 1 unspecified atom stereocenters. The number of methoxy groups -OCH3 is 1. The van der Waals surface area contributed by atoms with Crippen molar-refractivity contribution in [2.45, 2.75) is 19.9 Å². The summed E-state index contributed by atoms with van der Waals surface area (Å²) in [7, 11) is 1.55. The zero-order chi connectivity index (χ0) is 25.7. The second-order valence-electron chi connectivity index (χ2n) is 9.42. The fraction of sp³-hybridized carbons (Fsp3) is 0.429. The molecule has 192 valence electrons. The molecule has 8 heteroatoms. The maximum atomic E-state index is 13.3. The van der Waals surface area contributed by atoms with Crippen LogP contribution in [-0.2, 0) is 14.3 Å². The standard InChI is InChI=1S/C28H34N2O6/c1-19(2)18-36-21-10-8-20(9-11-21)26(31)24-25(22-6-4-5-7-23(22)34-3)30(28(33)27(24)32)13-12-29-14-16-35-17-15-29/h4-11,19,25,31H,12-18H2,1-3H3. The predicted molar refractivity (Wildman–Crippen MR) is 136 cm³/mol. The van der Waals surface area contributed by atoms with Gasteiger partial charge >= 0.3 is 0 Å². The molecule has 1 amide bonds. The number of hydrogen-bond donors (Lipinski definition) is 1. The Balaban J connectivity index is 1.70. The van der Waals surface area contributed by atoms with Crippen LogP contribution in [-0.4, -0.2) is 79.7 Å². The van der Waals surface area contributed by atoms with E-state index >= 15 is 0 Å². The lowest BCUT2D eigenvalue weighted by Crippen LogP contribution is -2.42. The highest BCUT2D eigenvalue weighted by atomic mass is 16.5. The van der Waals surface area contributed by atoms with Crippen molar-refractivity contribution < 1.29 is 28.9 Å². The number of morpholine rings is 1. The number of likely N-dealkylation sites (tertiary alicyclic amines) is 1. The lowest BCUT2D eigenvalue weighted by molar-refractivity contribution is -0.140. The van der Waals surface area contributed by atoms with E-state index in [1.165, 1.54) is 0 Å². The maximum Gasteiger partial charge on any atom is 0.295 e. The van der Waals surface area contributed by atoms with Crippen molar-refractivity contribution >= 4 is 17.4 Å². The van der Waals surface area contributed by atoms with E-state index in [1.54, 1.807) is 42.3 Å². The Morgan fingerprint density at radius 2 is 1.75 bits per heavy atom. The van der Waals surface area contributed by atoms with Crippen LogP contribution < -0.4 is 9.47 Å². The number of ketones is 1. The molecule has 36 heavy (non-hydrogen) atoms. The van der Waals surface area contributed by atoms with E-state index in [1.807, 2.05) is 18.2 Å². The van der Waals surface area contributed by atoms with Gasteiger partial charge in [0, 0.05) is 37.3 Å². The summed E-state index contributed by atoms with van der Waals surface area (Å²) in [6, 6.07) is 13.4. The van der Waals surface area contributed by atoms with E-state index in [0.717, 1.165) is 13.1 Å². The summed E-state index contributed by atoms with van der Waals surface area (Å²) in [5.41, 5.74) is 1.15. The van der Waals surface area contributed by atoms with E-state index < -0.39 is 17.7 Å². The number of rotatable bonds is 9. The van der Waals surface area contributed by atoms with Gasteiger partial charge in [-0.05, 0) is 36.2 Å². The van der Waals surface area contributed by atoms with Gasteiger partial charge in [0.25, 0.3) is 11.7 Å². The fourth-order valence-corrected chi connectivity index (χ4v) is 4.53. The normalized spacial score (nSPS) is 20.2. The van der Waals surface area contributed by atoms with Crippen LogP contribution in [0.1, 0.15) is 31.0 Å². The minimum absolute atomic E-state index is 0.0577. The molecule has 1 N–H and O–H groups in total. The van der Waals surface area contributed by atoms with Gasteiger partial charge in [0.15, 0.2) is 0 Å². The van der Waals surface area contributed by atoms with Gasteiger partial charge < -0.3 is 24.2 Å². The molecule has 2 fully saturated rings. The van der Waals surface area contributed by atoms with E-state index in [-0.39, 0.29) is 11.3 Å². The summed E-state index contributed by atoms with van der Waals surface area (Å²) >= 11 is 0. The number of carbonyl (C=O) groups excluding carboxylic acids is 2. The third kappa shape index (κ3) is 5.55. The Morgan fingerprint density at radius 1 is 1.06 bits per heavy atom. The van der Waals surface area contributed by atoms with Crippen molar-refractivity contribution in [3.05, 3.63) is 65.2 Å². The number of Topliss-reactive ketones (excluding diaryl/α,β-unsaturated/α-hetero) is 1. The zero-order valence-corrected chi connectivity index (χ0v) is 21.1. The van der Waals surface area contributed by atoms with Crippen LogP contribution in [0.15, 0.2) is 54.1 Å². The summed E-state index contributed by atoms with van der Waals surface area (Å²) in [4.78, 5) is 30.3. The van der Waals surface area contributed by atoms with Gasteiger partial charge in [0.2, 0.25) is 0 Å². The Hall–Kier alpha value is -3.36. The van der Waals surface area contributed by atoms with Crippen molar-refractivity contribution in [2.24, 2.45) is 5.92 Å². The molecule has 0 spiro atoms. The molecule has 2 aliphatic heterocycles. The van der Waals surface area contributed by atoms with Gasteiger partial charge in [-0.15, -0.1) is 0 Å². The van der Waals surface area contributed by atoms with Crippen LogP contribution >= 0.6 is 0 Å². The Morgan fingerprint density at radius 3 is 2.42 bits per heavy atom. The molecule has 0 saturated carbocycles. The Bertz CT molecular complexity index is 1110. The molecular weight excluding hydrogens is 460 g/mol. The molecule has 2 aromatic carbocycles. The molecule has 0 bridgehead atoms. The molecule has 0 aliphatic carbocycles. The highest BCUT2D eigenvalue weighted by Crippen LogP contribution is 2.42. The Labute approximate surface area is 212 Å². The number of amides is 1. The number of ether oxygens (including phenoxy) is 3. The summed E-state index contributed by atoms with van der Waals surface area (Å²) in [6.45, 7) is 8.48. The maximum absolute atomic E-state index is 13.3. The van der Waals surface area contributed by atoms with Gasteiger partial charge in [-0.2, -0.15) is 0 Å². The summed E-state index contributed by atoms with van der Waals surface area (Å²) in [6.07, 6.45) is 0. The molecular formula is C28H34N2O6. The largest absolute Gasteiger partial charge is 0.507 e. The van der Waals surface area contributed by atoms with E-state index in [4.69, 9.17) is 14.2 Å². The third-order valence-corrected chi connectivity index (χ3v) is 6.45. The van der Waals surface area contributed by atoms with Crippen molar-refractivity contribution in [3.8, 4) is 11.5 Å². The molecule has 2 saturated heterocycles. The second-order valence-corrected chi connectivity index (χ2v) is 9.42. The van der Waals surface area contributed by atoms with Gasteiger partial charge in [0.1, 0.15) is 17.3 Å². The average Bonchev–Trinajstić information content (AvgIpc) is 3.16. The number of aliphatic hydroxyl groups is 1. The van der Waals surface area contributed by atoms with Crippen molar-refractivity contribution in [3.63, 3.8) is 0 Å². The first kappa shape index (κ1) is 25.7. The first-order chi connectivity index (χ1) is 17.4. The molecule has 8 nitrogen and oxygen atoms in total. The second kappa shape index (κ2) is 11.6. The fourth-order valence-electron chi connectivity index (χ4n) is 4.53. The first-order valence-electron chi connectivity index (χ1n) is 12.4. The molecule has 0 radical (unpaired) electrons. The summed E-state index contributed by atoms with van der Waals surface area (Å²) in [5.74, 6) is 0.0561. The van der Waals surface area contributed by atoms with E-state index in [9.17, 15) is 14.7 Å². The lowest BCUT2D eigenvalue weighted by Gasteiger charge is -2.31. The van der Waals surface area contributed by atoms with Crippen LogP contribution in [0.4, 0.5) is 0 Å². The number of hydrogen-bond acceptors (Lipinski definition) is 7. The van der Waals surface area contributed by atoms with Crippen molar-refractivity contribution in [1.82, 2.24) is 9.80 Å². The topological polar surface area (TPSA) is 88.5 Å². The van der Waals surface area contributed by atoms with Gasteiger partial charge in [-0.3, -0.25) is 14.5 Å². The highest BCUT2D eigenvalue weighted by molar-refractivity contribution is 6.46. The molecule has 2 aromatic rings. The molecule has 4 rings (SSSR count). The van der Waals surface area contributed by atoms with Crippen molar-refractivity contribution in [2.75, 3.05) is 53.1 Å². The minimum atomic E-state index is -0.765. The van der Waals surface area contributed by atoms with Crippen LogP contribution in [0.5, 0.6) is 11.5 Å². The van der Waals surface area contributed by atoms with Crippen LogP contribution in [0, 0.1) is 5.92 Å². The van der Waals surface area contributed by atoms with Crippen LogP contribution in [0.3, 0.4) is 0 Å². The van der Waals surface area contributed by atoms with Crippen LogP contribution in [0.25, 0.3) is 5.76 Å². The minimum Gasteiger partial charge on any atom is -0.507 e. The zero-order valence-electron chi connectivity index (χ0n) is 21.1. The monoisotopic (exact) mass is 494 g/mol. The summed E-state index contributed by atoms with van der Waals surface area (Å²) in [5, 5.41) is 11.3. The molecule has 0 aromatic heterocycles. The smallest absolute Gasteiger partial charge is 0.295 e. The van der Waals surface area contributed by atoms with E-state index in [0.29, 0.717) is 61.5 Å². The van der Waals surface area contributed by atoms with Gasteiger partial charge in [-0.1, -0.05) is 32.0 Å². The number of carbonyl (C=O) groups is 2. The van der Waals surface area contributed by atoms with Gasteiger partial charge in [0.05, 0.1) is 38.5 Å². The number of nitrogens with zero attached hydrogens (tertiary/aromatic N) is 2. The lowest BCUT2D eigenvalue weighted by atomic mass is 9.94. The average molecular weight is 495 g/mol. The summed E-state index contributed by atoms with van der Waals surface area (Å²) < 4.78 is 16.7.